The first kappa shape index (κ1) is 29.0. The minimum Gasteiger partial charge on any atom is -0.208 e. The highest BCUT2D eigenvalue weighted by Crippen LogP contribution is 2.32. The molecule has 8 rings (SSSR count). The van der Waals surface area contributed by atoms with E-state index in [0.717, 1.165) is 38.9 Å². The van der Waals surface area contributed by atoms with Crippen LogP contribution in [-0.2, 0) is 0 Å². The molecule has 0 spiro atoms. The van der Waals surface area contributed by atoms with Gasteiger partial charge in [0.2, 0.25) is 0 Å². The fourth-order valence-corrected chi connectivity index (χ4v) is 6.04. The molecule has 0 aliphatic rings. The second-order valence-corrected chi connectivity index (χ2v) is 11.7. The Morgan fingerprint density at radius 1 is 0.188 bits per heavy atom. The lowest BCUT2D eigenvalue weighted by atomic mass is 9.97. The first-order chi connectivity index (χ1) is 23.8. The third kappa shape index (κ3) is 6.18. The Hall–Kier alpha value is -6.45. The van der Waals surface area contributed by atoms with Crippen LogP contribution in [0.3, 0.4) is 0 Å². The van der Waals surface area contributed by atoms with Gasteiger partial charge >= 0.3 is 0 Å². The second kappa shape index (κ2) is 13.1. The number of benzene rings is 7. The molecule has 1 heterocycles. The van der Waals surface area contributed by atoms with Crippen molar-refractivity contribution >= 4 is 0 Å². The molecule has 0 unspecified atom stereocenters. The Balaban J connectivity index is 1.20. The molecular formula is C45H31N3. The Bertz CT molecular complexity index is 2190. The summed E-state index contributed by atoms with van der Waals surface area (Å²) in [5.41, 5.74) is 12.1. The summed E-state index contributed by atoms with van der Waals surface area (Å²) in [5, 5.41) is 0. The van der Waals surface area contributed by atoms with Gasteiger partial charge in [0, 0.05) is 16.7 Å². The van der Waals surface area contributed by atoms with Gasteiger partial charge in [-0.1, -0.05) is 164 Å². The molecule has 0 saturated heterocycles. The third-order valence-electron chi connectivity index (χ3n) is 8.51. The van der Waals surface area contributed by atoms with E-state index in [0.29, 0.717) is 17.5 Å². The highest BCUT2D eigenvalue weighted by Gasteiger charge is 2.14. The number of hydrogen-bond donors (Lipinski definition) is 0. The van der Waals surface area contributed by atoms with Crippen LogP contribution in [0.25, 0.3) is 78.7 Å². The van der Waals surface area contributed by atoms with Crippen molar-refractivity contribution in [2.24, 2.45) is 0 Å². The van der Waals surface area contributed by atoms with E-state index < -0.39 is 0 Å². The fraction of sp³-hybridized carbons (Fsp3) is 0. The van der Waals surface area contributed by atoms with Gasteiger partial charge in [-0.15, -0.1) is 0 Å². The first-order valence-corrected chi connectivity index (χ1v) is 16.1. The maximum atomic E-state index is 5.08. The van der Waals surface area contributed by atoms with E-state index in [2.05, 4.69) is 146 Å². The Morgan fingerprint density at radius 2 is 0.417 bits per heavy atom. The number of hydrogen-bond acceptors (Lipinski definition) is 3. The molecule has 3 heteroatoms. The second-order valence-electron chi connectivity index (χ2n) is 11.7. The first-order valence-electron chi connectivity index (χ1n) is 16.1. The van der Waals surface area contributed by atoms with Crippen molar-refractivity contribution in [2.45, 2.75) is 0 Å². The molecule has 0 saturated carbocycles. The van der Waals surface area contributed by atoms with Gasteiger partial charge in [-0.2, -0.15) is 0 Å². The minimum absolute atomic E-state index is 0.636. The van der Waals surface area contributed by atoms with Crippen LogP contribution in [0.2, 0.25) is 0 Å². The van der Waals surface area contributed by atoms with E-state index in [-0.39, 0.29) is 0 Å². The largest absolute Gasteiger partial charge is 0.208 e. The summed E-state index contributed by atoms with van der Waals surface area (Å²) in [4.78, 5) is 15.1. The molecule has 48 heavy (non-hydrogen) atoms. The van der Waals surface area contributed by atoms with Crippen molar-refractivity contribution in [3.8, 4) is 78.7 Å². The molecule has 0 aliphatic carbocycles. The zero-order valence-corrected chi connectivity index (χ0v) is 26.2. The predicted octanol–water partition coefficient (Wildman–Crippen LogP) is 11.5. The Kier molecular flexibility index (Phi) is 7.92. The van der Waals surface area contributed by atoms with Gasteiger partial charge in [0.1, 0.15) is 0 Å². The normalized spacial score (nSPS) is 10.9. The van der Waals surface area contributed by atoms with Crippen molar-refractivity contribution in [3.05, 3.63) is 188 Å². The van der Waals surface area contributed by atoms with Gasteiger partial charge in [-0.25, -0.2) is 15.0 Å². The van der Waals surface area contributed by atoms with Crippen LogP contribution in [0.1, 0.15) is 0 Å². The maximum Gasteiger partial charge on any atom is 0.164 e. The molecule has 0 radical (unpaired) electrons. The highest BCUT2D eigenvalue weighted by atomic mass is 15.0. The highest BCUT2D eigenvalue weighted by molar-refractivity contribution is 5.78. The van der Waals surface area contributed by atoms with Crippen molar-refractivity contribution in [2.75, 3.05) is 0 Å². The lowest BCUT2D eigenvalue weighted by Crippen LogP contribution is -2.00. The molecule has 0 atom stereocenters. The average molecular weight is 614 g/mol. The Labute approximate surface area is 280 Å². The molecule has 0 N–H and O–H groups in total. The molecule has 0 fully saturated rings. The molecule has 0 amide bonds. The quantitative estimate of drug-likeness (QED) is 0.179. The van der Waals surface area contributed by atoms with E-state index >= 15 is 0 Å². The van der Waals surface area contributed by atoms with Crippen molar-refractivity contribution in [1.82, 2.24) is 15.0 Å². The van der Waals surface area contributed by atoms with Gasteiger partial charge in [0.05, 0.1) is 0 Å². The summed E-state index contributed by atoms with van der Waals surface area (Å²) in [6.45, 7) is 0. The van der Waals surface area contributed by atoms with Crippen molar-refractivity contribution in [3.63, 3.8) is 0 Å². The average Bonchev–Trinajstić information content (AvgIpc) is 3.19. The van der Waals surface area contributed by atoms with Crippen molar-refractivity contribution in [1.29, 1.82) is 0 Å². The smallest absolute Gasteiger partial charge is 0.164 e. The van der Waals surface area contributed by atoms with E-state index in [1.807, 2.05) is 42.5 Å². The molecule has 3 nitrogen and oxygen atoms in total. The molecule has 7 aromatic carbocycles. The van der Waals surface area contributed by atoms with Crippen LogP contribution in [0, 0.1) is 0 Å². The Morgan fingerprint density at radius 3 is 0.771 bits per heavy atom. The summed E-state index contributed by atoms with van der Waals surface area (Å²) >= 11 is 0. The van der Waals surface area contributed by atoms with E-state index in [9.17, 15) is 0 Å². The van der Waals surface area contributed by atoms with E-state index in [1.165, 1.54) is 22.3 Å². The third-order valence-corrected chi connectivity index (χ3v) is 8.51. The molecule has 0 aliphatic heterocycles. The van der Waals surface area contributed by atoms with Crippen LogP contribution in [-0.4, -0.2) is 15.0 Å². The zero-order valence-electron chi connectivity index (χ0n) is 26.2. The molecule has 0 bridgehead atoms. The fourth-order valence-electron chi connectivity index (χ4n) is 6.04. The summed E-state index contributed by atoms with van der Waals surface area (Å²) in [5.74, 6) is 1.91. The van der Waals surface area contributed by atoms with Gasteiger partial charge < -0.3 is 0 Å². The lowest BCUT2D eigenvalue weighted by Gasteiger charge is -2.11. The minimum atomic E-state index is 0.636. The number of aromatic nitrogens is 3. The maximum absolute atomic E-state index is 5.08. The van der Waals surface area contributed by atoms with Gasteiger partial charge in [-0.05, 0) is 68.8 Å². The van der Waals surface area contributed by atoms with Crippen LogP contribution < -0.4 is 0 Å². The van der Waals surface area contributed by atoms with Crippen LogP contribution >= 0.6 is 0 Å². The summed E-state index contributed by atoms with van der Waals surface area (Å²) < 4.78 is 0. The van der Waals surface area contributed by atoms with E-state index in [1.54, 1.807) is 0 Å². The standard InChI is InChI=1S/C45H31N3/c1-4-14-32(15-5-1)35-20-10-22-37(28-35)39-24-12-26-41(30-39)44-46-43(34-18-8-3-9-19-34)47-45(48-44)42-27-13-25-40(31-42)38-23-11-21-36(29-38)33-16-6-2-7-17-33/h1-31H. The molecule has 226 valence electrons. The topological polar surface area (TPSA) is 38.7 Å². The van der Waals surface area contributed by atoms with Gasteiger partial charge in [0.15, 0.2) is 17.5 Å². The summed E-state index contributed by atoms with van der Waals surface area (Å²) in [7, 11) is 0. The van der Waals surface area contributed by atoms with E-state index in [4.69, 9.17) is 15.0 Å². The van der Waals surface area contributed by atoms with Gasteiger partial charge in [0.25, 0.3) is 0 Å². The summed E-state index contributed by atoms with van der Waals surface area (Å²) in [6.07, 6.45) is 0. The molecule has 1 aromatic heterocycles. The van der Waals surface area contributed by atoms with Crippen LogP contribution in [0.5, 0.6) is 0 Å². The number of nitrogens with zero attached hydrogens (tertiary/aromatic N) is 3. The monoisotopic (exact) mass is 613 g/mol. The summed E-state index contributed by atoms with van der Waals surface area (Å²) in [6, 6.07) is 65.3. The molecule has 8 aromatic rings. The predicted molar refractivity (Wildman–Crippen MR) is 198 cm³/mol. The van der Waals surface area contributed by atoms with Gasteiger partial charge in [-0.3, -0.25) is 0 Å². The van der Waals surface area contributed by atoms with Crippen LogP contribution in [0.4, 0.5) is 0 Å². The SMILES string of the molecule is c1ccc(-c2cccc(-c3cccc(-c4nc(-c5ccccc5)nc(-c5cccc(-c6cccc(-c7ccccc7)c6)c5)n4)c3)c2)cc1. The van der Waals surface area contributed by atoms with Crippen LogP contribution in [0.15, 0.2) is 188 Å². The zero-order chi connectivity index (χ0) is 32.1. The lowest BCUT2D eigenvalue weighted by molar-refractivity contribution is 1.07. The van der Waals surface area contributed by atoms with Crippen molar-refractivity contribution < 1.29 is 0 Å². The molecular weight excluding hydrogens is 583 g/mol. The number of rotatable bonds is 7.